The van der Waals surface area contributed by atoms with Crippen LogP contribution in [0.15, 0.2) is 52.3 Å². The number of thiophene rings is 1. The molecule has 1 aromatic carbocycles. The predicted octanol–water partition coefficient (Wildman–Crippen LogP) is 5.57. The van der Waals surface area contributed by atoms with Crippen LogP contribution in [-0.2, 0) is 11.0 Å². The summed E-state index contributed by atoms with van der Waals surface area (Å²) in [6, 6.07) is 6.22. The lowest BCUT2D eigenvalue weighted by Gasteiger charge is -2.08. The quantitative estimate of drug-likeness (QED) is 0.320. The molecule has 0 saturated heterocycles. The maximum absolute atomic E-state index is 12.7. The van der Waals surface area contributed by atoms with Crippen LogP contribution >= 0.6 is 11.3 Å². The Kier molecular flexibility index (Phi) is 5.55. The average Bonchev–Trinajstić information content (AvgIpc) is 3.07. The van der Waals surface area contributed by atoms with Crippen LogP contribution in [0.1, 0.15) is 10.4 Å². The molecule has 0 radical (unpaired) electrons. The predicted molar refractivity (Wildman–Crippen MR) is 84.5 cm³/mol. The Morgan fingerprint density at radius 1 is 1.08 bits per heavy atom. The molecule has 0 bridgehead atoms. The second kappa shape index (κ2) is 7.32. The summed E-state index contributed by atoms with van der Waals surface area (Å²) in [5, 5.41) is 11.4. The Labute approximate surface area is 146 Å². The molecule has 1 aromatic heterocycles. The molecule has 0 aliphatic heterocycles. The molecule has 0 fully saturated rings. The molecule has 0 aliphatic carbocycles. The first kappa shape index (κ1) is 19.7. The number of ketones is 1. The topological polar surface area (TPSA) is 49.7 Å². The van der Waals surface area contributed by atoms with E-state index in [-0.39, 0.29) is 10.6 Å². The van der Waals surface area contributed by atoms with E-state index < -0.39 is 35.0 Å². The van der Waals surface area contributed by atoms with E-state index in [2.05, 4.69) is 4.99 Å². The maximum Gasteiger partial charge on any atom is 0.455 e. The van der Waals surface area contributed by atoms with Gasteiger partial charge in [0.2, 0.25) is 0 Å². The first-order valence-electron chi connectivity index (χ1n) is 6.80. The molecule has 1 heterocycles. The summed E-state index contributed by atoms with van der Waals surface area (Å²) < 4.78 is 76.2. The number of allylic oxidation sites excluding steroid dienone is 1. The fourth-order valence-electron chi connectivity index (χ4n) is 1.83. The highest BCUT2D eigenvalue weighted by molar-refractivity contribution is 7.11. The number of hydrogen-bond donors (Lipinski definition) is 1. The molecule has 2 rings (SSSR count). The Bertz CT molecular complexity index is 850. The van der Waals surface area contributed by atoms with Crippen LogP contribution in [0, 0.1) is 0 Å². The Morgan fingerprint density at radius 2 is 1.77 bits per heavy atom. The number of halogens is 6. The van der Waals surface area contributed by atoms with Gasteiger partial charge in [-0.2, -0.15) is 26.3 Å². The molecular weight excluding hydrogens is 384 g/mol. The zero-order chi connectivity index (χ0) is 19.5. The number of hydrogen-bond acceptors (Lipinski definition) is 4. The molecule has 0 unspecified atom stereocenters. The first-order chi connectivity index (χ1) is 12.0. The van der Waals surface area contributed by atoms with Crippen molar-refractivity contribution in [1.29, 1.82) is 0 Å². The summed E-state index contributed by atoms with van der Waals surface area (Å²) in [6.45, 7) is 0. The van der Waals surface area contributed by atoms with Crippen molar-refractivity contribution in [2.45, 2.75) is 12.4 Å². The molecule has 0 saturated carbocycles. The first-order valence-corrected chi connectivity index (χ1v) is 7.68. The van der Waals surface area contributed by atoms with Gasteiger partial charge in [0.05, 0.1) is 21.7 Å². The zero-order valence-corrected chi connectivity index (χ0v) is 13.4. The van der Waals surface area contributed by atoms with Crippen LogP contribution in [0.5, 0.6) is 0 Å². The van der Waals surface area contributed by atoms with Crippen molar-refractivity contribution in [2.24, 2.45) is 4.99 Å². The van der Waals surface area contributed by atoms with E-state index in [1.165, 1.54) is 17.5 Å². The van der Waals surface area contributed by atoms with Gasteiger partial charge in [-0.25, -0.2) is 0 Å². The highest BCUT2D eigenvalue weighted by atomic mass is 32.1. The number of aliphatic imine (C=N–C) groups is 1. The summed E-state index contributed by atoms with van der Waals surface area (Å²) in [6.07, 6.45) is -9.55. The maximum atomic E-state index is 12.7. The molecule has 2 aromatic rings. The number of carbonyl (C=O) groups excluding carboxylic acids is 1. The number of aliphatic hydroxyl groups is 1. The van der Waals surface area contributed by atoms with Gasteiger partial charge in [0.15, 0.2) is 0 Å². The van der Waals surface area contributed by atoms with Crippen LogP contribution in [-0.4, -0.2) is 23.3 Å². The van der Waals surface area contributed by atoms with Gasteiger partial charge in [-0.1, -0.05) is 12.1 Å². The number of nitrogens with zero attached hydrogens (tertiary/aromatic N) is 1. The number of rotatable bonds is 4. The largest absolute Gasteiger partial charge is 0.506 e. The van der Waals surface area contributed by atoms with Gasteiger partial charge in [-0.3, -0.25) is 9.79 Å². The van der Waals surface area contributed by atoms with Gasteiger partial charge >= 0.3 is 12.4 Å². The van der Waals surface area contributed by atoms with E-state index in [0.29, 0.717) is 12.3 Å². The number of benzene rings is 1. The lowest BCUT2D eigenvalue weighted by Crippen LogP contribution is -2.26. The SMILES string of the molecule is O=C(C(C=Nc1cccc(C(F)(F)F)c1)=C(O)c1cccs1)C(F)(F)F. The summed E-state index contributed by atoms with van der Waals surface area (Å²) in [7, 11) is 0. The van der Waals surface area contributed by atoms with Gasteiger partial charge in [0.1, 0.15) is 5.76 Å². The third-order valence-corrected chi connectivity index (χ3v) is 3.90. The van der Waals surface area contributed by atoms with Gasteiger partial charge in [-0.15, -0.1) is 11.3 Å². The number of carbonyl (C=O) groups is 1. The van der Waals surface area contributed by atoms with E-state index in [4.69, 9.17) is 0 Å². The summed E-state index contributed by atoms with van der Waals surface area (Å²) in [5.41, 5.74) is -2.55. The summed E-state index contributed by atoms with van der Waals surface area (Å²) in [5.74, 6) is -3.32. The third kappa shape index (κ3) is 4.72. The van der Waals surface area contributed by atoms with Crippen LogP contribution in [0.25, 0.3) is 5.76 Å². The van der Waals surface area contributed by atoms with Gasteiger partial charge in [0, 0.05) is 6.21 Å². The molecule has 0 aliphatic rings. The van der Waals surface area contributed by atoms with Crippen molar-refractivity contribution in [3.05, 3.63) is 57.8 Å². The van der Waals surface area contributed by atoms with E-state index >= 15 is 0 Å². The minimum atomic E-state index is -5.29. The van der Waals surface area contributed by atoms with E-state index in [1.807, 2.05) is 0 Å². The molecule has 10 heteroatoms. The highest BCUT2D eigenvalue weighted by Gasteiger charge is 2.42. The van der Waals surface area contributed by atoms with E-state index in [0.717, 1.165) is 29.5 Å². The minimum absolute atomic E-state index is 0.0203. The lowest BCUT2D eigenvalue weighted by molar-refractivity contribution is -0.165. The lowest BCUT2D eigenvalue weighted by atomic mass is 10.1. The van der Waals surface area contributed by atoms with Crippen molar-refractivity contribution in [3.8, 4) is 0 Å². The molecule has 26 heavy (non-hydrogen) atoms. The Balaban J connectivity index is 2.47. The molecule has 1 N–H and O–H groups in total. The smallest absolute Gasteiger partial charge is 0.455 e. The molecule has 138 valence electrons. The summed E-state index contributed by atoms with van der Waals surface area (Å²) >= 11 is 0.877. The molecular formula is C16H9F6NO2S. The second-order valence-electron chi connectivity index (χ2n) is 4.87. The molecule has 0 spiro atoms. The van der Waals surface area contributed by atoms with Crippen molar-refractivity contribution < 1.29 is 36.2 Å². The van der Waals surface area contributed by atoms with Crippen molar-refractivity contribution in [3.63, 3.8) is 0 Å². The van der Waals surface area contributed by atoms with Gasteiger partial charge < -0.3 is 5.11 Å². The fourth-order valence-corrected chi connectivity index (χ4v) is 2.51. The fraction of sp³-hybridized carbons (Fsp3) is 0.125. The van der Waals surface area contributed by atoms with Gasteiger partial charge in [-0.05, 0) is 29.6 Å². The normalized spacial score (nSPS) is 13.8. The monoisotopic (exact) mass is 393 g/mol. The third-order valence-electron chi connectivity index (χ3n) is 3.03. The molecule has 3 nitrogen and oxygen atoms in total. The standard InChI is InChI=1S/C16H9F6NO2S/c17-15(18,19)9-3-1-4-10(7-9)23-8-11(14(25)16(20,21)22)13(24)12-5-2-6-26-12/h1-8,24H. The summed E-state index contributed by atoms with van der Waals surface area (Å²) in [4.78, 5) is 15.0. The van der Waals surface area contributed by atoms with Crippen LogP contribution in [0.2, 0.25) is 0 Å². The minimum Gasteiger partial charge on any atom is -0.506 e. The molecule has 0 amide bonds. The average molecular weight is 393 g/mol. The van der Waals surface area contributed by atoms with E-state index in [9.17, 15) is 36.2 Å². The highest BCUT2D eigenvalue weighted by Crippen LogP contribution is 2.32. The van der Waals surface area contributed by atoms with E-state index in [1.54, 1.807) is 0 Å². The Hall–Kier alpha value is -2.62. The number of aliphatic hydroxyl groups excluding tert-OH is 1. The van der Waals surface area contributed by atoms with Crippen LogP contribution < -0.4 is 0 Å². The van der Waals surface area contributed by atoms with Crippen molar-refractivity contribution in [1.82, 2.24) is 0 Å². The number of Topliss-reactive ketones (excluding diaryl/α,β-unsaturated/α-hetero) is 1. The Morgan fingerprint density at radius 3 is 2.31 bits per heavy atom. The number of alkyl halides is 6. The van der Waals surface area contributed by atoms with Crippen LogP contribution in [0.4, 0.5) is 32.0 Å². The molecule has 0 atom stereocenters. The second-order valence-corrected chi connectivity index (χ2v) is 5.82. The zero-order valence-electron chi connectivity index (χ0n) is 12.6. The van der Waals surface area contributed by atoms with Crippen LogP contribution in [0.3, 0.4) is 0 Å². The van der Waals surface area contributed by atoms with Gasteiger partial charge in [0.25, 0.3) is 5.78 Å². The van der Waals surface area contributed by atoms with Crippen molar-refractivity contribution >= 4 is 34.8 Å². The van der Waals surface area contributed by atoms with Crippen molar-refractivity contribution in [2.75, 3.05) is 0 Å².